The molecule has 2 amide bonds. The van der Waals surface area contributed by atoms with Gasteiger partial charge in [0.1, 0.15) is 18.4 Å². The molecule has 1 N–H and O–H groups in total. The number of nitrogens with one attached hydrogen (secondary N) is 1. The number of benzene rings is 4. The molecule has 0 unspecified atom stereocenters. The molecule has 0 saturated carbocycles. The summed E-state index contributed by atoms with van der Waals surface area (Å²) >= 11 is 12.2. The minimum Gasteiger partial charge on any atom is -0.352 e. The second-order valence-corrected chi connectivity index (χ2v) is 13.3. The number of halogens is 3. The Bertz CT molecular complexity index is 1710. The van der Waals surface area contributed by atoms with Crippen LogP contribution >= 0.6 is 23.2 Å². The molecule has 0 aliphatic heterocycles. The average molecular weight is 671 g/mol. The second-order valence-electron chi connectivity index (χ2n) is 10.6. The van der Waals surface area contributed by atoms with Crippen LogP contribution in [0.3, 0.4) is 0 Å². The molecule has 4 rings (SSSR count). The van der Waals surface area contributed by atoms with Gasteiger partial charge in [-0.15, -0.1) is 0 Å². The first kappa shape index (κ1) is 34.0. The van der Waals surface area contributed by atoms with Gasteiger partial charge >= 0.3 is 0 Å². The number of nitrogens with zero attached hydrogens (tertiary/aromatic N) is 2. The fourth-order valence-electron chi connectivity index (χ4n) is 4.67. The molecule has 0 aliphatic rings. The van der Waals surface area contributed by atoms with E-state index in [4.69, 9.17) is 23.2 Å². The molecular weight excluding hydrogens is 636 g/mol. The number of carbonyl (C=O) groups excluding carboxylic acids is 2. The molecule has 4 aromatic rings. The summed E-state index contributed by atoms with van der Waals surface area (Å²) in [5.41, 5.74) is 1.49. The van der Waals surface area contributed by atoms with Gasteiger partial charge in [-0.3, -0.25) is 13.9 Å². The quantitative estimate of drug-likeness (QED) is 0.168. The third-order valence-corrected chi connectivity index (χ3v) is 9.67. The van der Waals surface area contributed by atoms with E-state index in [-0.39, 0.29) is 40.5 Å². The lowest BCUT2D eigenvalue weighted by Gasteiger charge is -2.34. The zero-order valence-corrected chi connectivity index (χ0v) is 27.2. The summed E-state index contributed by atoms with van der Waals surface area (Å²) in [5.74, 6) is -1.76. The van der Waals surface area contributed by atoms with E-state index in [0.29, 0.717) is 17.0 Å². The summed E-state index contributed by atoms with van der Waals surface area (Å²) in [6.45, 7) is 3.11. The fourth-order valence-corrected chi connectivity index (χ4v) is 6.40. The topological polar surface area (TPSA) is 86.8 Å². The molecule has 45 heavy (non-hydrogen) atoms. The van der Waals surface area contributed by atoms with Crippen molar-refractivity contribution < 1.29 is 22.4 Å². The SMILES string of the molecule is CC[C@@H](C)NC(=O)[C@H](Cc1ccccc1)N(Cc1ccc(Cl)cc1)C(=O)CN(c1ccc(F)c(Cl)c1)S(=O)(=O)c1ccccc1. The highest BCUT2D eigenvalue weighted by Gasteiger charge is 2.35. The molecule has 0 fully saturated rings. The van der Waals surface area contributed by atoms with Crippen molar-refractivity contribution in [1.82, 2.24) is 10.2 Å². The zero-order chi connectivity index (χ0) is 32.6. The highest BCUT2D eigenvalue weighted by Crippen LogP contribution is 2.28. The number of sulfonamides is 1. The molecular formula is C34H34Cl2FN3O4S. The first-order valence-corrected chi connectivity index (χ1v) is 16.6. The minimum absolute atomic E-state index is 0.00582. The molecule has 0 heterocycles. The number of hydrogen-bond acceptors (Lipinski definition) is 4. The van der Waals surface area contributed by atoms with E-state index in [1.807, 2.05) is 44.2 Å². The van der Waals surface area contributed by atoms with E-state index < -0.39 is 34.3 Å². The van der Waals surface area contributed by atoms with Crippen molar-refractivity contribution in [1.29, 1.82) is 0 Å². The van der Waals surface area contributed by atoms with Crippen molar-refractivity contribution in [2.75, 3.05) is 10.8 Å². The molecule has 0 saturated heterocycles. The van der Waals surface area contributed by atoms with Crippen LogP contribution < -0.4 is 9.62 Å². The number of hydrogen-bond donors (Lipinski definition) is 1. The summed E-state index contributed by atoms with van der Waals surface area (Å²) in [4.78, 5) is 29.6. The van der Waals surface area contributed by atoms with E-state index in [2.05, 4.69) is 5.32 Å². The lowest BCUT2D eigenvalue weighted by atomic mass is 10.0. The van der Waals surface area contributed by atoms with Crippen LogP contribution in [-0.2, 0) is 32.6 Å². The van der Waals surface area contributed by atoms with Gasteiger partial charge in [-0.25, -0.2) is 12.8 Å². The molecule has 0 aromatic heterocycles. The van der Waals surface area contributed by atoms with Gasteiger partial charge in [0.2, 0.25) is 11.8 Å². The Morgan fingerprint density at radius 1 is 0.867 bits per heavy atom. The Hall–Kier alpha value is -3.92. The Kier molecular flexibility index (Phi) is 11.6. The lowest BCUT2D eigenvalue weighted by molar-refractivity contribution is -0.140. The highest BCUT2D eigenvalue weighted by atomic mass is 35.5. The van der Waals surface area contributed by atoms with Gasteiger partial charge in [-0.2, -0.15) is 0 Å². The minimum atomic E-state index is -4.33. The van der Waals surface area contributed by atoms with E-state index in [0.717, 1.165) is 22.0 Å². The number of anilines is 1. The predicted octanol–water partition coefficient (Wildman–Crippen LogP) is 6.88. The van der Waals surface area contributed by atoms with Crippen LogP contribution in [0.2, 0.25) is 10.0 Å². The third-order valence-electron chi connectivity index (χ3n) is 7.34. The molecule has 2 atom stereocenters. The molecule has 11 heteroatoms. The largest absolute Gasteiger partial charge is 0.352 e. The van der Waals surface area contributed by atoms with Crippen molar-refractivity contribution >= 4 is 50.7 Å². The molecule has 236 valence electrons. The van der Waals surface area contributed by atoms with Gasteiger partial charge in [-0.05, 0) is 66.9 Å². The van der Waals surface area contributed by atoms with Gasteiger partial charge in [0.05, 0.1) is 15.6 Å². The maximum Gasteiger partial charge on any atom is 0.264 e. The first-order chi connectivity index (χ1) is 21.5. The standard InChI is InChI=1S/C34H34Cl2FN3O4S/c1-3-24(2)38-34(42)32(20-25-10-6-4-7-11-25)39(22-26-14-16-27(35)17-15-26)33(41)23-40(28-18-19-31(37)30(36)21-28)45(43,44)29-12-8-5-9-13-29/h4-19,21,24,32H,3,20,22-23H2,1-2H3,(H,38,42)/t24-,32+/m1/s1. The van der Waals surface area contributed by atoms with E-state index in [9.17, 15) is 22.4 Å². The summed E-state index contributed by atoms with van der Waals surface area (Å²) in [7, 11) is -4.33. The van der Waals surface area contributed by atoms with Gasteiger partial charge in [0, 0.05) is 24.0 Å². The smallest absolute Gasteiger partial charge is 0.264 e. The van der Waals surface area contributed by atoms with Crippen molar-refractivity contribution in [3.8, 4) is 0 Å². The zero-order valence-electron chi connectivity index (χ0n) is 24.9. The predicted molar refractivity (Wildman–Crippen MR) is 176 cm³/mol. The molecule has 0 bridgehead atoms. The summed E-state index contributed by atoms with van der Waals surface area (Å²) in [5, 5.41) is 3.19. The lowest BCUT2D eigenvalue weighted by Crippen LogP contribution is -2.54. The highest BCUT2D eigenvalue weighted by molar-refractivity contribution is 7.92. The maximum absolute atomic E-state index is 14.4. The molecule has 0 radical (unpaired) electrons. The summed E-state index contributed by atoms with van der Waals surface area (Å²) in [6.07, 6.45) is 0.847. The van der Waals surface area contributed by atoms with Crippen LogP contribution in [0.4, 0.5) is 10.1 Å². The normalized spacial score (nSPS) is 12.6. The van der Waals surface area contributed by atoms with Gasteiger partial charge in [-0.1, -0.05) is 90.8 Å². The van der Waals surface area contributed by atoms with Crippen LogP contribution in [0.25, 0.3) is 0 Å². The van der Waals surface area contributed by atoms with Crippen LogP contribution in [-0.4, -0.2) is 43.8 Å². The summed E-state index contributed by atoms with van der Waals surface area (Å²) in [6, 6.07) is 26.0. The summed E-state index contributed by atoms with van der Waals surface area (Å²) < 4.78 is 43.0. The van der Waals surface area contributed by atoms with Crippen molar-refractivity contribution in [3.63, 3.8) is 0 Å². The van der Waals surface area contributed by atoms with Gasteiger partial charge < -0.3 is 10.2 Å². The Morgan fingerprint density at radius 3 is 2.09 bits per heavy atom. The van der Waals surface area contributed by atoms with E-state index in [1.165, 1.54) is 23.1 Å². The Balaban J connectivity index is 1.81. The molecule has 7 nitrogen and oxygen atoms in total. The van der Waals surface area contributed by atoms with Gasteiger partial charge in [0.15, 0.2) is 0 Å². The molecule has 0 aliphatic carbocycles. The number of carbonyl (C=O) groups is 2. The average Bonchev–Trinajstić information content (AvgIpc) is 3.04. The van der Waals surface area contributed by atoms with Crippen LogP contribution in [0.15, 0.2) is 108 Å². The Labute approximate surface area is 273 Å². The van der Waals surface area contributed by atoms with Gasteiger partial charge in [0.25, 0.3) is 10.0 Å². The first-order valence-electron chi connectivity index (χ1n) is 14.4. The van der Waals surface area contributed by atoms with Crippen molar-refractivity contribution in [2.24, 2.45) is 0 Å². The van der Waals surface area contributed by atoms with Crippen LogP contribution in [0.5, 0.6) is 0 Å². The third kappa shape index (κ3) is 8.84. The van der Waals surface area contributed by atoms with Crippen LogP contribution in [0, 0.1) is 5.82 Å². The van der Waals surface area contributed by atoms with E-state index in [1.54, 1.807) is 42.5 Å². The molecule has 4 aromatic carbocycles. The number of rotatable bonds is 13. The van der Waals surface area contributed by atoms with Crippen molar-refractivity contribution in [3.05, 3.63) is 130 Å². The molecule has 0 spiro atoms. The monoisotopic (exact) mass is 669 g/mol. The fraction of sp³-hybridized carbons (Fsp3) is 0.235. The number of amides is 2. The van der Waals surface area contributed by atoms with E-state index >= 15 is 0 Å². The maximum atomic E-state index is 14.4. The van der Waals surface area contributed by atoms with Crippen LogP contribution in [0.1, 0.15) is 31.4 Å². The second kappa shape index (κ2) is 15.4. The Morgan fingerprint density at radius 2 is 1.49 bits per heavy atom. The van der Waals surface area contributed by atoms with Crippen molar-refractivity contribution in [2.45, 2.75) is 50.2 Å².